The van der Waals surface area contributed by atoms with Gasteiger partial charge in [-0.2, -0.15) is 0 Å². The van der Waals surface area contributed by atoms with E-state index >= 15 is 0 Å². The highest BCUT2D eigenvalue weighted by atomic mass is 16.5. The summed E-state index contributed by atoms with van der Waals surface area (Å²) in [4.78, 5) is 4.37. The minimum Gasteiger partial charge on any atom is -0.491 e. The zero-order valence-electron chi connectivity index (χ0n) is 16.0. The Hall–Kier alpha value is -3.21. The van der Waals surface area contributed by atoms with E-state index in [1.807, 2.05) is 68.5 Å². The highest BCUT2D eigenvalue weighted by Gasteiger charge is 2.05. The van der Waals surface area contributed by atoms with Crippen LogP contribution in [0.15, 0.2) is 77.6 Å². The molecule has 1 heterocycles. The number of hydrogen-bond acceptors (Lipinski definition) is 5. The predicted octanol–water partition coefficient (Wildman–Crippen LogP) is 5.05. The topological polar surface area (TPSA) is 57.7 Å². The summed E-state index contributed by atoms with van der Waals surface area (Å²) >= 11 is 0. The van der Waals surface area contributed by atoms with Crippen molar-refractivity contribution in [2.45, 2.75) is 26.9 Å². The summed E-state index contributed by atoms with van der Waals surface area (Å²) in [6, 6.07) is 16.0. The molecule has 0 radical (unpaired) electrons. The van der Waals surface area contributed by atoms with Gasteiger partial charge in [-0.15, -0.1) is 0 Å². The van der Waals surface area contributed by atoms with Gasteiger partial charge in [0.25, 0.3) is 0 Å². The first kappa shape index (κ1) is 18.6. The van der Waals surface area contributed by atoms with Gasteiger partial charge in [-0.1, -0.05) is 6.58 Å². The van der Waals surface area contributed by atoms with Gasteiger partial charge in [0.1, 0.15) is 17.4 Å². The number of aliphatic imine (C=N–C) groups is 1. The molecule has 0 spiro atoms. The van der Waals surface area contributed by atoms with Crippen LogP contribution in [0.2, 0.25) is 0 Å². The van der Waals surface area contributed by atoms with Crippen LogP contribution in [0.3, 0.4) is 0 Å². The van der Waals surface area contributed by atoms with E-state index in [9.17, 15) is 0 Å². The number of amidine groups is 1. The molecule has 5 nitrogen and oxygen atoms in total. The molecule has 0 saturated carbocycles. The van der Waals surface area contributed by atoms with Gasteiger partial charge in [0, 0.05) is 17.1 Å². The number of ether oxygens (including phenoxy) is 1. The minimum absolute atomic E-state index is 0.175. The molecule has 0 unspecified atom stereocenters. The van der Waals surface area contributed by atoms with Gasteiger partial charge in [0.2, 0.25) is 0 Å². The molecule has 0 aromatic heterocycles. The summed E-state index contributed by atoms with van der Waals surface area (Å²) in [5, 5.41) is 9.79. The lowest BCUT2D eigenvalue weighted by atomic mass is 10.2. The summed E-state index contributed by atoms with van der Waals surface area (Å²) in [6.07, 6.45) is 2.20. The number of hydrogen-bond donors (Lipinski definition) is 3. The SMILES string of the molecule is C=C(NC1=NCC(C)=C1)Nc1ccc(Nc2ccc(OC(C)C)cc2)cc1. The predicted molar refractivity (Wildman–Crippen MR) is 114 cm³/mol. The van der Waals surface area contributed by atoms with Crippen molar-refractivity contribution < 1.29 is 4.74 Å². The van der Waals surface area contributed by atoms with Gasteiger partial charge in [-0.3, -0.25) is 4.99 Å². The Kier molecular flexibility index (Phi) is 5.81. The van der Waals surface area contributed by atoms with Crippen LogP contribution in [0.5, 0.6) is 5.75 Å². The van der Waals surface area contributed by atoms with Gasteiger partial charge >= 0.3 is 0 Å². The van der Waals surface area contributed by atoms with E-state index < -0.39 is 0 Å². The van der Waals surface area contributed by atoms with Crippen LogP contribution in [0, 0.1) is 0 Å². The van der Waals surface area contributed by atoms with Crippen LogP contribution in [0.4, 0.5) is 17.1 Å². The van der Waals surface area contributed by atoms with E-state index in [2.05, 4.69) is 34.4 Å². The number of nitrogens with zero attached hydrogens (tertiary/aromatic N) is 1. The monoisotopic (exact) mass is 362 g/mol. The molecule has 2 aromatic rings. The van der Waals surface area contributed by atoms with Crippen molar-refractivity contribution in [2.75, 3.05) is 17.2 Å². The van der Waals surface area contributed by atoms with E-state index in [4.69, 9.17) is 4.74 Å². The molecular weight excluding hydrogens is 336 g/mol. The molecule has 0 amide bonds. The second-order valence-electron chi connectivity index (χ2n) is 6.81. The molecule has 0 atom stereocenters. The van der Waals surface area contributed by atoms with Crippen LogP contribution in [-0.2, 0) is 0 Å². The average Bonchev–Trinajstić information content (AvgIpc) is 3.02. The van der Waals surface area contributed by atoms with Crippen LogP contribution in [0.1, 0.15) is 20.8 Å². The van der Waals surface area contributed by atoms with Gasteiger partial charge in [0.05, 0.1) is 12.6 Å². The molecule has 140 valence electrons. The third kappa shape index (κ3) is 5.64. The lowest BCUT2D eigenvalue weighted by molar-refractivity contribution is 0.242. The van der Waals surface area contributed by atoms with Crippen molar-refractivity contribution in [3.8, 4) is 5.75 Å². The third-order valence-corrected chi connectivity index (χ3v) is 3.86. The number of rotatable bonds is 7. The summed E-state index contributed by atoms with van der Waals surface area (Å²) in [7, 11) is 0. The number of benzene rings is 2. The summed E-state index contributed by atoms with van der Waals surface area (Å²) in [6.45, 7) is 10.8. The molecule has 1 aliphatic heterocycles. The Morgan fingerprint density at radius 3 is 2.11 bits per heavy atom. The molecule has 3 rings (SSSR count). The zero-order valence-corrected chi connectivity index (χ0v) is 16.0. The Morgan fingerprint density at radius 1 is 0.963 bits per heavy atom. The summed E-state index contributed by atoms with van der Waals surface area (Å²) in [5.41, 5.74) is 4.22. The second-order valence-corrected chi connectivity index (χ2v) is 6.81. The highest BCUT2D eigenvalue weighted by Crippen LogP contribution is 2.22. The molecule has 0 fully saturated rings. The minimum atomic E-state index is 0.175. The maximum absolute atomic E-state index is 5.66. The van der Waals surface area contributed by atoms with Crippen molar-refractivity contribution in [3.63, 3.8) is 0 Å². The quantitative estimate of drug-likeness (QED) is 0.645. The molecule has 5 heteroatoms. The molecule has 1 aliphatic rings. The smallest absolute Gasteiger partial charge is 0.126 e. The molecule has 3 N–H and O–H groups in total. The second kappa shape index (κ2) is 8.45. The summed E-state index contributed by atoms with van der Waals surface area (Å²) in [5.74, 6) is 2.41. The fourth-order valence-corrected chi connectivity index (χ4v) is 2.66. The molecular formula is C22H26N4O. The van der Waals surface area contributed by atoms with Crippen molar-refractivity contribution in [2.24, 2.45) is 4.99 Å². The van der Waals surface area contributed by atoms with Gasteiger partial charge in [-0.25, -0.2) is 0 Å². The standard InChI is InChI=1S/C22H26N4O/c1-15(2)27-21-11-9-20(10-12-21)26-19-7-5-18(6-8-19)24-17(4)25-22-13-16(3)14-23-22/h5-13,15,24,26H,4,14H2,1-3H3,(H,23,25). The average molecular weight is 362 g/mol. The zero-order chi connectivity index (χ0) is 19.2. The Morgan fingerprint density at radius 2 is 1.56 bits per heavy atom. The lowest BCUT2D eigenvalue weighted by Crippen LogP contribution is -2.23. The Balaban J connectivity index is 1.53. The van der Waals surface area contributed by atoms with E-state index in [0.29, 0.717) is 5.82 Å². The van der Waals surface area contributed by atoms with Crippen LogP contribution >= 0.6 is 0 Å². The van der Waals surface area contributed by atoms with E-state index in [1.165, 1.54) is 5.57 Å². The van der Waals surface area contributed by atoms with E-state index in [-0.39, 0.29) is 6.10 Å². The lowest BCUT2D eigenvalue weighted by Gasteiger charge is -2.13. The van der Waals surface area contributed by atoms with Crippen molar-refractivity contribution >= 4 is 22.9 Å². The van der Waals surface area contributed by atoms with E-state index in [0.717, 1.165) is 35.2 Å². The normalized spacial score (nSPS) is 13.0. The van der Waals surface area contributed by atoms with Crippen LogP contribution in [-0.4, -0.2) is 18.5 Å². The summed E-state index contributed by atoms with van der Waals surface area (Å²) < 4.78 is 5.66. The fourth-order valence-electron chi connectivity index (χ4n) is 2.66. The maximum atomic E-state index is 5.66. The van der Waals surface area contributed by atoms with Gasteiger partial charge < -0.3 is 20.7 Å². The van der Waals surface area contributed by atoms with Crippen LogP contribution < -0.4 is 20.7 Å². The number of anilines is 3. The van der Waals surface area contributed by atoms with E-state index in [1.54, 1.807) is 0 Å². The van der Waals surface area contributed by atoms with Gasteiger partial charge in [-0.05, 0) is 81.0 Å². The molecule has 0 aliphatic carbocycles. The van der Waals surface area contributed by atoms with Crippen molar-refractivity contribution in [1.29, 1.82) is 0 Å². The van der Waals surface area contributed by atoms with Gasteiger partial charge in [0.15, 0.2) is 0 Å². The fraction of sp³-hybridized carbons (Fsp3) is 0.227. The largest absolute Gasteiger partial charge is 0.491 e. The first-order chi connectivity index (χ1) is 13.0. The van der Waals surface area contributed by atoms with Crippen LogP contribution in [0.25, 0.3) is 0 Å². The first-order valence-electron chi connectivity index (χ1n) is 9.06. The maximum Gasteiger partial charge on any atom is 0.126 e. The number of nitrogens with one attached hydrogen (secondary N) is 3. The molecule has 2 aromatic carbocycles. The molecule has 27 heavy (non-hydrogen) atoms. The molecule has 0 saturated heterocycles. The van der Waals surface area contributed by atoms with Crippen molar-refractivity contribution in [3.05, 3.63) is 72.6 Å². The first-order valence-corrected chi connectivity index (χ1v) is 9.06. The highest BCUT2D eigenvalue weighted by molar-refractivity contribution is 5.96. The molecule has 0 bridgehead atoms. The van der Waals surface area contributed by atoms with Crippen molar-refractivity contribution in [1.82, 2.24) is 5.32 Å². The third-order valence-electron chi connectivity index (χ3n) is 3.86. The Bertz CT molecular complexity index is 849. The Labute approximate surface area is 160 Å².